The number of pyridine rings is 1. The lowest BCUT2D eigenvalue weighted by Crippen LogP contribution is -2.53. The van der Waals surface area contributed by atoms with Gasteiger partial charge in [-0.05, 0) is 35.6 Å². The van der Waals surface area contributed by atoms with Gasteiger partial charge in [0.05, 0.1) is 10.5 Å². The van der Waals surface area contributed by atoms with Crippen LogP contribution >= 0.6 is 11.3 Å². The summed E-state index contributed by atoms with van der Waals surface area (Å²) in [4.78, 5) is 49.2. The molecular weight excluding hydrogens is 504 g/mol. The number of nitro groups is 1. The lowest BCUT2D eigenvalue weighted by Gasteiger charge is -2.32. The smallest absolute Gasteiger partial charge is 0.269 e. The highest BCUT2D eigenvalue weighted by Gasteiger charge is 2.43. The van der Waals surface area contributed by atoms with Crippen LogP contribution < -0.4 is 5.32 Å². The lowest BCUT2D eigenvalue weighted by molar-refractivity contribution is -0.384. The molecule has 1 aromatic carbocycles. The number of hydrogen-bond acceptors (Lipinski definition) is 8. The zero-order chi connectivity index (χ0) is 26.5. The highest BCUT2D eigenvalue weighted by atomic mass is 32.1. The second-order valence-electron chi connectivity index (χ2n) is 9.59. The number of carbonyl (C=O) groups is 2. The van der Waals surface area contributed by atoms with Crippen LogP contribution in [0, 0.1) is 10.1 Å². The predicted octanol–water partition coefficient (Wildman–Crippen LogP) is 2.77. The molecule has 0 radical (unpaired) electrons. The molecule has 2 saturated heterocycles. The van der Waals surface area contributed by atoms with Crippen LogP contribution in [-0.4, -0.2) is 81.2 Å². The van der Waals surface area contributed by atoms with E-state index in [1.54, 1.807) is 52.9 Å². The molecule has 2 atom stereocenters. The molecule has 1 N–H and O–H groups in total. The molecule has 2 fully saturated rings. The van der Waals surface area contributed by atoms with Gasteiger partial charge in [0.2, 0.25) is 5.91 Å². The van der Waals surface area contributed by atoms with Gasteiger partial charge in [0.15, 0.2) is 0 Å². The maximum Gasteiger partial charge on any atom is 0.269 e. The van der Waals surface area contributed by atoms with Gasteiger partial charge in [-0.2, -0.15) is 0 Å². The van der Waals surface area contributed by atoms with Crippen molar-refractivity contribution in [2.24, 2.45) is 0 Å². The molecule has 2 aliphatic rings. The third-order valence-corrected chi connectivity index (χ3v) is 8.01. The number of nitrogens with one attached hydrogen (secondary N) is 1. The van der Waals surface area contributed by atoms with E-state index in [0.29, 0.717) is 44.7 Å². The fraction of sp³-hybridized carbons (Fsp3) is 0.370. The topological polar surface area (TPSA) is 112 Å². The van der Waals surface area contributed by atoms with Crippen LogP contribution in [0.4, 0.5) is 5.69 Å². The number of carbonyl (C=O) groups excluding carboxylic acids is 2. The number of piperazine rings is 1. The van der Waals surface area contributed by atoms with Crippen LogP contribution in [0.25, 0.3) is 0 Å². The summed E-state index contributed by atoms with van der Waals surface area (Å²) in [5.74, 6) is -0.210. The van der Waals surface area contributed by atoms with E-state index in [4.69, 9.17) is 0 Å². The number of likely N-dealkylation sites (tertiary alicyclic amines) is 1. The van der Waals surface area contributed by atoms with Gasteiger partial charge in [0.25, 0.3) is 11.6 Å². The number of amides is 2. The van der Waals surface area contributed by atoms with Crippen molar-refractivity contribution in [2.45, 2.75) is 31.6 Å². The molecule has 198 valence electrons. The van der Waals surface area contributed by atoms with Crippen LogP contribution in [0.15, 0.2) is 66.3 Å². The minimum absolute atomic E-state index is 0.0161. The molecule has 10 nitrogen and oxygen atoms in total. The van der Waals surface area contributed by atoms with Gasteiger partial charge in [0.1, 0.15) is 6.04 Å². The van der Waals surface area contributed by atoms with Gasteiger partial charge in [-0.25, -0.2) is 0 Å². The lowest BCUT2D eigenvalue weighted by atomic mass is 10.1. The second kappa shape index (κ2) is 11.8. The Morgan fingerprint density at radius 2 is 1.89 bits per heavy atom. The molecule has 0 spiro atoms. The van der Waals surface area contributed by atoms with Crippen molar-refractivity contribution in [3.05, 3.63) is 92.4 Å². The Morgan fingerprint density at radius 3 is 2.55 bits per heavy atom. The van der Waals surface area contributed by atoms with Crippen molar-refractivity contribution in [1.29, 1.82) is 0 Å². The van der Waals surface area contributed by atoms with Gasteiger partial charge >= 0.3 is 0 Å². The number of thiophene rings is 1. The van der Waals surface area contributed by atoms with E-state index >= 15 is 0 Å². The molecule has 11 heteroatoms. The van der Waals surface area contributed by atoms with E-state index in [9.17, 15) is 19.7 Å². The van der Waals surface area contributed by atoms with Crippen LogP contribution in [0.1, 0.15) is 27.2 Å². The van der Waals surface area contributed by atoms with Crippen molar-refractivity contribution in [3.63, 3.8) is 0 Å². The quantitative estimate of drug-likeness (QED) is 0.349. The first-order chi connectivity index (χ1) is 18.5. The third kappa shape index (κ3) is 5.90. The number of rotatable bonds is 8. The van der Waals surface area contributed by atoms with Crippen LogP contribution in [-0.2, 0) is 17.9 Å². The third-order valence-electron chi connectivity index (χ3n) is 7.15. The van der Waals surface area contributed by atoms with Gasteiger partial charge in [-0.15, -0.1) is 11.3 Å². The fourth-order valence-corrected chi connectivity index (χ4v) is 5.89. The Labute approximate surface area is 225 Å². The Bertz CT molecular complexity index is 1250. The molecule has 0 aliphatic carbocycles. The first-order valence-electron chi connectivity index (χ1n) is 12.7. The SMILES string of the molecule is O=C(C1CC(N(Cc2ccc([N+](=O)[O-])cc2)Cc2cccs2)CN1C(=O)c1cccnc1)N1CCNCC1. The van der Waals surface area contributed by atoms with Crippen molar-refractivity contribution >= 4 is 28.8 Å². The highest BCUT2D eigenvalue weighted by Crippen LogP contribution is 2.29. The molecule has 2 aliphatic heterocycles. The Kier molecular flexibility index (Phi) is 8.06. The summed E-state index contributed by atoms with van der Waals surface area (Å²) in [5.41, 5.74) is 1.45. The van der Waals surface area contributed by atoms with Crippen LogP contribution in [0.3, 0.4) is 0 Å². The van der Waals surface area contributed by atoms with Crippen molar-refractivity contribution in [2.75, 3.05) is 32.7 Å². The minimum atomic E-state index is -0.562. The van der Waals surface area contributed by atoms with E-state index in [1.165, 1.54) is 17.0 Å². The molecular formula is C27H30N6O4S. The number of aromatic nitrogens is 1. The molecule has 4 heterocycles. The number of benzene rings is 1. The normalized spacial score (nSPS) is 19.6. The number of non-ortho nitro benzene ring substituents is 1. The van der Waals surface area contributed by atoms with Crippen molar-refractivity contribution in [3.8, 4) is 0 Å². The predicted molar refractivity (Wildman–Crippen MR) is 144 cm³/mol. The van der Waals surface area contributed by atoms with Gasteiger partial charge in [-0.3, -0.25) is 29.6 Å². The minimum Gasteiger partial charge on any atom is -0.338 e. The number of nitro benzene ring substituents is 1. The van der Waals surface area contributed by atoms with E-state index in [-0.39, 0.29) is 23.5 Å². The molecule has 2 amide bonds. The standard InChI is InChI=1S/C27H30N6O4S/c34-26(21-3-1-9-29-16-21)32-18-23(15-25(32)27(35)30-12-10-28-11-13-30)31(19-24-4-2-14-38-24)17-20-5-7-22(8-6-20)33(36)37/h1-9,14,16,23,25,28H,10-13,15,17-19H2. The Morgan fingerprint density at radius 1 is 1.11 bits per heavy atom. The maximum atomic E-state index is 13.7. The molecule has 5 rings (SSSR count). The average molecular weight is 535 g/mol. The van der Waals surface area contributed by atoms with Crippen molar-refractivity contribution < 1.29 is 14.5 Å². The average Bonchev–Trinajstić information content (AvgIpc) is 3.64. The number of nitrogens with zero attached hydrogens (tertiary/aromatic N) is 5. The van der Waals surface area contributed by atoms with E-state index < -0.39 is 11.0 Å². The first kappa shape index (κ1) is 26.0. The van der Waals surface area contributed by atoms with E-state index in [2.05, 4.69) is 21.3 Å². The Balaban J connectivity index is 1.42. The molecule has 2 unspecified atom stereocenters. The van der Waals surface area contributed by atoms with Gasteiger partial charge in [0, 0.05) is 81.3 Å². The summed E-state index contributed by atoms with van der Waals surface area (Å²) >= 11 is 1.66. The molecule has 0 bridgehead atoms. The van der Waals surface area contributed by atoms with E-state index in [1.807, 2.05) is 16.3 Å². The van der Waals surface area contributed by atoms with Crippen molar-refractivity contribution in [1.82, 2.24) is 25.0 Å². The summed E-state index contributed by atoms with van der Waals surface area (Å²) in [7, 11) is 0. The summed E-state index contributed by atoms with van der Waals surface area (Å²) in [6, 6.07) is 13.5. The molecule has 0 saturated carbocycles. The van der Waals surface area contributed by atoms with Gasteiger partial charge < -0.3 is 15.1 Å². The zero-order valence-electron chi connectivity index (χ0n) is 20.9. The maximum absolute atomic E-state index is 13.7. The van der Waals surface area contributed by atoms with Gasteiger partial charge in [-0.1, -0.05) is 18.2 Å². The summed E-state index contributed by atoms with van der Waals surface area (Å²) in [6.07, 6.45) is 3.69. The van der Waals surface area contributed by atoms with Crippen LogP contribution in [0.2, 0.25) is 0 Å². The monoisotopic (exact) mass is 534 g/mol. The summed E-state index contributed by atoms with van der Waals surface area (Å²) in [5, 5.41) is 16.4. The summed E-state index contributed by atoms with van der Waals surface area (Å²) < 4.78 is 0. The molecule has 3 aromatic rings. The van der Waals surface area contributed by atoms with E-state index in [0.717, 1.165) is 18.7 Å². The zero-order valence-corrected chi connectivity index (χ0v) is 21.8. The largest absolute Gasteiger partial charge is 0.338 e. The summed E-state index contributed by atoms with van der Waals surface area (Å²) in [6.45, 7) is 4.33. The number of hydrogen-bond donors (Lipinski definition) is 1. The van der Waals surface area contributed by atoms with Crippen LogP contribution in [0.5, 0.6) is 0 Å². The Hall–Kier alpha value is -3.67. The molecule has 38 heavy (non-hydrogen) atoms. The fourth-order valence-electron chi connectivity index (χ4n) is 5.16. The second-order valence-corrected chi connectivity index (χ2v) is 10.6. The molecule has 2 aromatic heterocycles. The highest BCUT2D eigenvalue weighted by molar-refractivity contribution is 7.09. The first-order valence-corrected chi connectivity index (χ1v) is 13.6.